The van der Waals surface area contributed by atoms with Crippen molar-refractivity contribution in [2.75, 3.05) is 31.1 Å². The van der Waals surface area contributed by atoms with Gasteiger partial charge in [-0.2, -0.15) is 11.3 Å². The van der Waals surface area contributed by atoms with Gasteiger partial charge in [-0.05, 0) is 36.2 Å². The quantitative estimate of drug-likeness (QED) is 0.481. The summed E-state index contributed by atoms with van der Waals surface area (Å²) in [4.78, 5) is 4.34. The largest absolute Gasteiger partial charge is 0.383 e. The summed E-state index contributed by atoms with van der Waals surface area (Å²) in [6, 6.07) is 1.87. The second kappa shape index (κ2) is 8.50. The summed E-state index contributed by atoms with van der Waals surface area (Å²) in [5, 5.41) is 20.3. The molecular formula is C14H25N3O3S2. The molecule has 1 aromatic heterocycles. The first kappa shape index (κ1) is 18.9. The molecule has 1 rings (SSSR count). The third-order valence-electron chi connectivity index (χ3n) is 3.18. The molecule has 0 amide bonds. The van der Waals surface area contributed by atoms with Crippen LogP contribution in [0, 0.1) is 0 Å². The van der Waals surface area contributed by atoms with Gasteiger partial charge >= 0.3 is 0 Å². The number of rotatable bonds is 8. The van der Waals surface area contributed by atoms with E-state index in [2.05, 4.69) is 15.6 Å². The van der Waals surface area contributed by atoms with E-state index in [-0.39, 0.29) is 18.1 Å². The van der Waals surface area contributed by atoms with Crippen LogP contribution in [0.5, 0.6) is 0 Å². The van der Waals surface area contributed by atoms with Crippen molar-refractivity contribution in [3.8, 4) is 0 Å². The molecule has 0 spiro atoms. The van der Waals surface area contributed by atoms with Crippen molar-refractivity contribution in [1.82, 2.24) is 10.6 Å². The molecule has 0 bridgehead atoms. The molecule has 0 aliphatic heterocycles. The maximum Gasteiger partial charge on any atom is 0.191 e. The van der Waals surface area contributed by atoms with Crippen molar-refractivity contribution in [1.29, 1.82) is 0 Å². The predicted octanol–water partition coefficient (Wildman–Crippen LogP) is 0.945. The second-order valence-corrected chi connectivity index (χ2v) is 8.40. The Bertz CT molecular complexity index is 566. The van der Waals surface area contributed by atoms with Gasteiger partial charge in [-0.1, -0.05) is 6.92 Å². The van der Waals surface area contributed by atoms with Crippen LogP contribution in [-0.4, -0.2) is 50.6 Å². The predicted molar refractivity (Wildman–Crippen MR) is 92.2 cm³/mol. The normalized spacial score (nSPS) is 15.4. The SMILES string of the molecule is CCNC(=NCC(C)(O)c1ccsc1)NCCS(=O)(=O)CC. The smallest absolute Gasteiger partial charge is 0.191 e. The maximum absolute atomic E-state index is 11.5. The van der Waals surface area contributed by atoms with Crippen molar-refractivity contribution in [2.45, 2.75) is 26.4 Å². The van der Waals surface area contributed by atoms with Crippen molar-refractivity contribution in [3.05, 3.63) is 22.4 Å². The molecule has 1 atom stereocenters. The number of aliphatic hydroxyl groups is 1. The Morgan fingerprint density at radius 1 is 1.41 bits per heavy atom. The molecular weight excluding hydrogens is 322 g/mol. The first-order chi connectivity index (χ1) is 10.3. The summed E-state index contributed by atoms with van der Waals surface area (Å²) in [6.45, 7) is 6.42. The standard InChI is InChI=1S/C14H25N3O3S2/c1-4-15-13(16-7-9-22(19,20)5-2)17-11-14(3,18)12-6-8-21-10-12/h6,8,10,18H,4-5,7,9,11H2,1-3H3,(H2,15,16,17). The van der Waals surface area contributed by atoms with Crippen molar-refractivity contribution in [2.24, 2.45) is 4.99 Å². The van der Waals surface area contributed by atoms with Gasteiger partial charge in [-0.3, -0.25) is 0 Å². The first-order valence-corrected chi connectivity index (χ1v) is 10.0. The Kier molecular flexibility index (Phi) is 7.31. The molecule has 126 valence electrons. The van der Waals surface area contributed by atoms with Crippen LogP contribution in [0.2, 0.25) is 0 Å². The Morgan fingerprint density at radius 3 is 2.68 bits per heavy atom. The second-order valence-electron chi connectivity index (χ2n) is 5.14. The van der Waals surface area contributed by atoms with Gasteiger partial charge in [0.25, 0.3) is 0 Å². The Balaban J connectivity index is 2.62. The molecule has 0 aliphatic carbocycles. The van der Waals surface area contributed by atoms with Gasteiger partial charge in [0.15, 0.2) is 15.8 Å². The summed E-state index contributed by atoms with van der Waals surface area (Å²) in [5.41, 5.74) is -0.219. The minimum atomic E-state index is -3.00. The summed E-state index contributed by atoms with van der Waals surface area (Å²) in [6.07, 6.45) is 0. The van der Waals surface area contributed by atoms with Crippen molar-refractivity contribution < 1.29 is 13.5 Å². The van der Waals surface area contributed by atoms with Gasteiger partial charge in [0.05, 0.1) is 12.3 Å². The summed E-state index contributed by atoms with van der Waals surface area (Å²) < 4.78 is 22.9. The number of hydrogen-bond acceptors (Lipinski definition) is 5. The highest BCUT2D eigenvalue weighted by molar-refractivity contribution is 7.91. The number of hydrogen-bond donors (Lipinski definition) is 3. The minimum absolute atomic E-state index is 0.0643. The number of thiophene rings is 1. The average molecular weight is 348 g/mol. The number of sulfone groups is 1. The molecule has 0 aliphatic rings. The van der Waals surface area contributed by atoms with Gasteiger partial charge < -0.3 is 15.7 Å². The lowest BCUT2D eigenvalue weighted by Crippen LogP contribution is -2.40. The van der Waals surface area contributed by atoms with E-state index in [1.807, 2.05) is 23.8 Å². The van der Waals surface area contributed by atoms with Crippen LogP contribution in [0.1, 0.15) is 26.3 Å². The number of aliphatic imine (C=N–C) groups is 1. The first-order valence-electron chi connectivity index (χ1n) is 7.28. The molecule has 0 radical (unpaired) electrons. The van der Waals surface area contributed by atoms with Crippen molar-refractivity contribution in [3.63, 3.8) is 0 Å². The van der Waals surface area contributed by atoms with Gasteiger partial charge in [-0.15, -0.1) is 0 Å². The Hall–Kier alpha value is -1.12. The van der Waals surface area contributed by atoms with E-state index in [0.717, 1.165) is 5.56 Å². The van der Waals surface area contributed by atoms with Crippen LogP contribution in [0.4, 0.5) is 0 Å². The fourth-order valence-corrected chi connectivity index (χ4v) is 3.19. The average Bonchev–Trinajstić information content (AvgIpc) is 3.00. The Morgan fingerprint density at radius 2 is 2.14 bits per heavy atom. The number of nitrogens with zero attached hydrogens (tertiary/aromatic N) is 1. The maximum atomic E-state index is 11.5. The molecule has 0 saturated heterocycles. The number of guanidine groups is 1. The minimum Gasteiger partial charge on any atom is -0.383 e. The molecule has 0 fully saturated rings. The fraction of sp³-hybridized carbons (Fsp3) is 0.643. The van der Waals surface area contributed by atoms with Crippen molar-refractivity contribution >= 4 is 27.1 Å². The van der Waals surface area contributed by atoms with E-state index in [4.69, 9.17) is 0 Å². The van der Waals surface area contributed by atoms with Crippen LogP contribution in [0.15, 0.2) is 21.8 Å². The molecule has 22 heavy (non-hydrogen) atoms. The van der Waals surface area contributed by atoms with Gasteiger partial charge in [0, 0.05) is 18.8 Å². The number of nitrogens with one attached hydrogen (secondary N) is 2. The Labute approximate surface area is 136 Å². The van der Waals surface area contributed by atoms with E-state index < -0.39 is 15.4 Å². The van der Waals surface area contributed by atoms with Crippen LogP contribution in [0.3, 0.4) is 0 Å². The molecule has 1 unspecified atom stereocenters. The van der Waals surface area contributed by atoms with Crippen LogP contribution >= 0.6 is 11.3 Å². The van der Waals surface area contributed by atoms with Crippen LogP contribution in [-0.2, 0) is 15.4 Å². The van der Waals surface area contributed by atoms with Gasteiger partial charge in [0.2, 0.25) is 0 Å². The molecule has 1 aromatic rings. The highest BCUT2D eigenvalue weighted by Crippen LogP contribution is 2.23. The van der Waals surface area contributed by atoms with E-state index in [1.165, 1.54) is 11.3 Å². The topological polar surface area (TPSA) is 90.8 Å². The fourth-order valence-electron chi connectivity index (χ4n) is 1.71. The van der Waals surface area contributed by atoms with E-state index >= 15 is 0 Å². The summed E-state index contributed by atoms with van der Waals surface area (Å²) in [7, 11) is -3.00. The molecule has 1 heterocycles. The highest BCUT2D eigenvalue weighted by Gasteiger charge is 2.23. The highest BCUT2D eigenvalue weighted by atomic mass is 32.2. The third kappa shape index (κ3) is 6.33. The monoisotopic (exact) mass is 347 g/mol. The van der Waals surface area contributed by atoms with E-state index in [0.29, 0.717) is 19.0 Å². The lowest BCUT2D eigenvalue weighted by atomic mass is 10.00. The van der Waals surface area contributed by atoms with E-state index in [1.54, 1.807) is 13.8 Å². The lowest BCUT2D eigenvalue weighted by molar-refractivity contribution is 0.0677. The zero-order chi connectivity index (χ0) is 16.6. The molecule has 8 heteroatoms. The molecule has 0 saturated carbocycles. The zero-order valence-electron chi connectivity index (χ0n) is 13.3. The van der Waals surface area contributed by atoms with E-state index in [9.17, 15) is 13.5 Å². The molecule has 3 N–H and O–H groups in total. The summed E-state index contributed by atoms with van der Waals surface area (Å²) >= 11 is 1.52. The van der Waals surface area contributed by atoms with Crippen LogP contribution < -0.4 is 10.6 Å². The lowest BCUT2D eigenvalue weighted by Gasteiger charge is -2.21. The molecule has 0 aromatic carbocycles. The molecule has 6 nitrogen and oxygen atoms in total. The van der Waals surface area contributed by atoms with Gasteiger partial charge in [-0.25, -0.2) is 13.4 Å². The zero-order valence-corrected chi connectivity index (χ0v) is 14.9. The van der Waals surface area contributed by atoms with Crippen LogP contribution in [0.25, 0.3) is 0 Å². The van der Waals surface area contributed by atoms with Gasteiger partial charge in [0.1, 0.15) is 5.60 Å². The third-order valence-corrected chi connectivity index (χ3v) is 5.57. The summed E-state index contributed by atoms with van der Waals surface area (Å²) in [5.74, 6) is 0.702.